The minimum absolute atomic E-state index is 0.711. The Morgan fingerprint density at radius 2 is 1.78 bits per heavy atom. The lowest BCUT2D eigenvalue weighted by Crippen LogP contribution is -2.46. The summed E-state index contributed by atoms with van der Waals surface area (Å²) in [6.45, 7) is 4.94. The van der Waals surface area contributed by atoms with Crippen LogP contribution in [0.2, 0.25) is 0 Å². The molecule has 0 bridgehead atoms. The lowest BCUT2D eigenvalue weighted by atomic mass is 10.2. The van der Waals surface area contributed by atoms with Gasteiger partial charge < -0.3 is 4.90 Å². The quantitative estimate of drug-likeness (QED) is 0.735. The van der Waals surface area contributed by atoms with E-state index in [-0.39, 0.29) is 0 Å². The van der Waals surface area contributed by atoms with Crippen molar-refractivity contribution >= 4 is 17.0 Å². The Kier molecular flexibility index (Phi) is 3.81. The standard InChI is InChI=1S/C17H18N6/c1-2-14(12-18-5-1)13-22-8-10-23(11-9-22)16-4-3-15-17(21-16)20-7-6-19-15/h1-7,12H,8-11,13H2. The SMILES string of the molecule is c1cncc(CN2CCN(c3ccc4nccnc4n3)CC2)c1. The Hall–Kier alpha value is -2.60. The molecule has 1 aliphatic rings. The summed E-state index contributed by atoms with van der Waals surface area (Å²) >= 11 is 0. The lowest BCUT2D eigenvalue weighted by molar-refractivity contribution is 0.249. The zero-order chi connectivity index (χ0) is 15.5. The van der Waals surface area contributed by atoms with Crippen molar-refractivity contribution in [2.75, 3.05) is 31.1 Å². The number of hydrogen-bond acceptors (Lipinski definition) is 6. The molecule has 0 aromatic carbocycles. The van der Waals surface area contributed by atoms with Crippen molar-refractivity contribution < 1.29 is 0 Å². The van der Waals surface area contributed by atoms with Crippen molar-refractivity contribution in [1.29, 1.82) is 0 Å². The van der Waals surface area contributed by atoms with E-state index in [4.69, 9.17) is 0 Å². The summed E-state index contributed by atoms with van der Waals surface area (Å²) in [5.41, 5.74) is 2.81. The Balaban J connectivity index is 1.42. The van der Waals surface area contributed by atoms with Gasteiger partial charge in [-0.3, -0.25) is 14.9 Å². The minimum Gasteiger partial charge on any atom is -0.354 e. The van der Waals surface area contributed by atoms with Crippen molar-refractivity contribution in [3.05, 3.63) is 54.6 Å². The molecule has 3 aromatic heterocycles. The van der Waals surface area contributed by atoms with Gasteiger partial charge in [-0.2, -0.15) is 0 Å². The first-order valence-electron chi connectivity index (χ1n) is 7.82. The van der Waals surface area contributed by atoms with E-state index in [1.807, 2.05) is 30.6 Å². The second kappa shape index (κ2) is 6.26. The highest BCUT2D eigenvalue weighted by molar-refractivity contribution is 5.71. The van der Waals surface area contributed by atoms with E-state index < -0.39 is 0 Å². The molecule has 4 heterocycles. The zero-order valence-electron chi connectivity index (χ0n) is 12.8. The van der Waals surface area contributed by atoms with Gasteiger partial charge in [-0.1, -0.05) is 6.07 Å². The minimum atomic E-state index is 0.711. The third-order valence-electron chi connectivity index (χ3n) is 4.14. The average Bonchev–Trinajstić information content (AvgIpc) is 2.63. The average molecular weight is 306 g/mol. The van der Waals surface area contributed by atoms with Gasteiger partial charge in [0.2, 0.25) is 0 Å². The van der Waals surface area contributed by atoms with Crippen molar-refractivity contribution in [2.24, 2.45) is 0 Å². The van der Waals surface area contributed by atoms with Crippen LogP contribution < -0.4 is 4.90 Å². The van der Waals surface area contributed by atoms with Crippen LogP contribution in [-0.2, 0) is 6.54 Å². The maximum Gasteiger partial charge on any atom is 0.180 e. The van der Waals surface area contributed by atoms with Crippen LogP contribution in [0, 0.1) is 0 Å². The molecule has 0 atom stereocenters. The number of hydrogen-bond donors (Lipinski definition) is 0. The maximum atomic E-state index is 4.63. The molecular formula is C17H18N6. The molecule has 1 saturated heterocycles. The molecule has 1 fully saturated rings. The summed E-state index contributed by atoms with van der Waals surface area (Å²) in [6, 6.07) is 8.15. The molecule has 1 aliphatic heterocycles. The van der Waals surface area contributed by atoms with E-state index in [1.165, 1.54) is 5.56 Å². The zero-order valence-corrected chi connectivity index (χ0v) is 12.8. The Bertz CT molecular complexity index is 783. The second-order valence-corrected chi connectivity index (χ2v) is 5.69. The molecule has 0 N–H and O–H groups in total. The van der Waals surface area contributed by atoms with Gasteiger partial charge >= 0.3 is 0 Å². The van der Waals surface area contributed by atoms with Gasteiger partial charge in [-0.05, 0) is 23.8 Å². The summed E-state index contributed by atoms with van der Waals surface area (Å²) < 4.78 is 0. The van der Waals surface area contributed by atoms with Crippen molar-refractivity contribution in [3.63, 3.8) is 0 Å². The van der Waals surface area contributed by atoms with Gasteiger partial charge in [0, 0.05) is 57.5 Å². The fourth-order valence-electron chi connectivity index (χ4n) is 2.91. The third-order valence-corrected chi connectivity index (χ3v) is 4.14. The Morgan fingerprint density at radius 3 is 2.61 bits per heavy atom. The monoisotopic (exact) mass is 306 g/mol. The van der Waals surface area contributed by atoms with Crippen LogP contribution in [0.4, 0.5) is 5.82 Å². The molecule has 0 spiro atoms. The van der Waals surface area contributed by atoms with Crippen LogP contribution in [0.1, 0.15) is 5.56 Å². The molecule has 0 unspecified atom stereocenters. The number of anilines is 1. The second-order valence-electron chi connectivity index (χ2n) is 5.69. The molecule has 3 aromatic rings. The van der Waals surface area contributed by atoms with Gasteiger partial charge in [0.15, 0.2) is 5.65 Å². The van der Waals surface area contributed by atoms with Crippen LogP contribution in [0.15, 0.2) is 49.1 Å². The van der Waals surface area contributed by atoms with Crippen LogP contribution in [0.5, 0.6) is 0 Å². The predicted octanol–water partition coefficient (Wildman–Crippen LogP) is 1.74. The van der Waals surface area contributed by atoms with E-state index in [2.05, 4.69) is 35.8 Å². The largest absolute Gasteiger partial charge is 0.354 e. The fourth-order valence-corrected chi connectivity index (χ4v) is 2.91. The topological polar surface area (TPSA) is 58.0 Å². The van der Waals surface area contributed by atoms with Crippen molar-refractivity contribution in [3.8, 4) is 0 Å². The van der Waals surface area contributed by atoms with Crippen LogP contribution in [0.25, 0.3) is 11.2 Å². The molecule has 0 aliphatic carbocycles. The summed E-state index contributed by atoms with van der Waals surface area (Å²) in [7, 11) is 0. The number of nitrogens with zero attached hydrogens (tertiary/aromatic N) is 6. The van der Waals surface area contributed by atoms with Crippen LogP contribution in [-0.4, -0.2) is 51.0 Å². The van der Waals surface area contributed by atoms with Gasteiger partial charge in [0.05, 0.1) is 0 Å². The molecule has 116 valence electrons. The van der Waals surface area contributed by atoms with Gasteiger partial charge in [-0.25, -0.2) is 9.97 Å². The number of piperazine rings is 1. The summed E-state index contributed by atoms with van der Waals surface area (Å²) in [5, 5.41) is 0. The van der Waals surface area contributed by atoms with Crippen LogP contribution >= 0.6 is 0 Å². The van der Waals surface area contributed by atoms with E-state index in [9.17, 15) is 0 Å². The number of rotatable bonds is 3. The highest BCUT2D eigenvalue weighted by atomic mass is 15.3. The molecule has 0 saturated carbocycles. The van der Waals surface area contributed by atoms with E-state index in [0.717, 1.165) is 44.1 Å². The number of fused-ring (bicyclic) bond motifs is 1. The predicted molar refractivity (Wildman–Crippen MR) is 89.1 cm³/mol. The normalized spacial score (nSPS) is 15.9. The molecule has 4 rings (SSSR count). The lowest BCUT2D eigenvalue weighted by Gasteiger charge is -2.35. The first kappa shape index (κ1) is 14.0. The Labute approximate surface area is 134 Å². The first-order chi connectivity index (χ1) is 11.4. The van der Waals surface area contributed by atoms with Crippen LogP contribution in [0.3, 0.4) is 0 Å². The smallest absolute Gasteiger partial charge is 0.180 e. The van der Waals surface area contributed by atoms with Crippen molar-refractivity contribution in [2.45, 2.75) is 6.54 Å². The summed E-state index contributed by atoms with van der Waals surface area (Å²) in [6.07, 6.45) is 7.14. The summed E-state index contributed by atoms with van der Waals surface area (Å²) in [5.74, 6) is 0.985. The fraction of sp³-hybridized carbons (Fsp3) is 0.294. The van der Waals surface area contributed by atoms with Gasteiger partial charge in [-0.15, -0.1) is 0 Å². The highest BCUT2D eigenvalue weighted by Gasteiger charge is 2.18. The highest BCUT2D eigenvalue weighted by Crippen LogP contribution is 2.17. The van der Waals surface area contributed by atoms with E-state index >= 15 is 0 Å². The molecule has 0 amide bonds. The third kappa shape index (κ3) is 3.12. The first-order valence-corrected chi connectivity index (χ1v) is 7.82. The molecule has 23 heavy (non-hydrogen) atoms. The van der Waals surface area contributed by atoms with Gasteiger partial charge in [0.25, 0.3) is 0 Å². The molecule has 0 radical (unpaired) electrons. The molecular weight excluding hydrogens is 288 g/mol. The van der Waals surface area contributed by atoms with Gasteiger partial charge in [0.1, 0.15) is 11.3 Å². The number of pyridine rings is 2. The summed E-state index contributed by atoms with van der Waals surface area (Å²) in [4.78, 5) is 22.1. The Morgan fingerprint density at radius 1 is 0.913 bits per heavy atom. The number of aromatic nitrogens is 4. The molecule has 6 heteroatoms. The maximum absolute atomic E-state index is 4.63. The molecule has 6 nitrogen and oxygen atoms in total. The van der Waals surface area contributed by atoms with E-state index in [1.54, 1.807) is 12.4 Å². The van der Waals surface area contributed by atoms with Crippen molar-refractivity contribution in [1.82, 2.24) is 24.8 Å². The van der Waals surface area contributed by atoms with E-state index in [0.29, 0.717) is 5.65 Å².